The zero-order valence-electron chi connectivity index (χ0n) is 24.6. The molecule has 212 valence electrons. The number of fused-ring (bicyclic) bond motifs is 2. The molecule has 0 bridgehead atoms. The van der Waals surface area contributed by atoms with Crippen LogP contribution in [0.15, 0.2) is 84.9 Å². The van der Waals surface area contributed by atoms with E-state index in [1.165, 1.54) is 0 Å². The standard InChI is InChI=1S/C36H31N5O2/c1-5-40-33-19-27(42-3)13-15-29(33)31(21-37)35(40)23-9-7-11-25(17-23)39-26-12-8-10-24(18-26)36-32(22-38)30-16-14-28(43-4)20-34(30)41(36)6-2/h7-20,39H,5-6H2,1-4H3. The van der Waals surface area contributed by atoms with E-state index < -0.39 is 0 Å². The molecule has 0 amide bonds. The fraction of sp³-hybridized carbons (Fsp3) is 0.167. The van der Waals surface area contributed by atoms with Crippen LogP contribution in [0.2, 0.25) is 0 Å². The van der Waals surface area contributed by atoms with Gasteiger partial charge in [-0.15, -0.1) is 0 Å². The molecule has 7 nitrogen and oxygen atoms in total. The number of aromatic nitrogens is 2. The topological polar surface area (TPSA) is 87.9 Å². The number of nitrogens with zero attached hydrogens (tertiary/aromatic N) is 4. The molecule has 1 N–H and O–H groups in total. The van der Waals surface area contributed by atoms with E-state index in [1.807, 2.05) is 72.8 Å². The molecule has 0 aliphatic heterocycles. The number of ether oxygens (including phenoxy) is 2. The quantitative estimate of drug-likeness (QED) is 0.200. The van der Waals surface area contributed by atoms with Crippen LogP contribution in [-0.4, -0.2) is 23.4 Å². The summed E-state index contributed by atoms with van der Waals surface area (Å²) in [5, 5.41) is 25.7. The van der Waals surface area contributed by atoms with Gasteiger partial charge in [-0.05, 0) is 62.4 Å². The Balaban J connectivity index is 1.41. The van der Waals surface area contributed by atoms with Gasteiger partial charge in [0.15, 0.2) is 0 Å². The SMILES string of the molecule is CCn1c(-c2cccc(Nc3cccc(-c4c(C#N)c5ccc(OC)cc5n4CC)c3)c2)c(C#N)c2ccc(OC)cc21. The summed E-state index contributed by atoms with van der Waals surface area (Å²) in [6.07, 6.45) is 0. The van der Waals surface area contributed by atoms with Gasteiger partial charge in [-0.1, -0.05) is 24.3 Å². The highest BCUT2D eigenvalue weighted by molar-refractivity contribution is 5.97. The minimum absolute atomic E-state index is 0.645. The molecule has 2 aromatic heterocycles. The predicted octanol–water partition coefficient (Wildman–Crippen LogP) is 8.47. The molecule has 6 rings (SSSR count). The third-order valence-corrected chi connectivity index (χ3v) is 7.96. The largest absolute Gasteiger partial charge is 0.497 e. The Hall–Kier alpha value is -5.66. The molecule has 0 saturated carbocycles. The number of methoxy groups -OCH3 is 2. The number of anilines is 2. The van der Waals surface area contributed by atoms with Gasteiger partial charge in [0.25, 0.3) is 0 Å². The highest BCUT2D eigenvalue weighted by atomic mass is 16.5. The molecule has 0 atom stereocenters. The molecule has 0 aliphatic rings. The summed E-state index contributed by atoms with van der Waals surface area (Å²) in [5.41, 5.74) is 8.67. The van der Waals surface area contributed by atoms with Gasteiger partial charge in [0.1, 0.15) is 23.6 Å². The van der Waals surface area contributed by atoms with Crippen LogP contribution in [0.1, 0.15) is 25.0 Å². The van der Waals surface area contributed by atoms with E-state index in [9.17, 15) is 10.5 Å². The smallest absolute Gasteiger partial charge is 0.120 e. The molecule has 6 aromatic rings. The van der Waals surface area contributed by atoms with Crippen molar-refractivity contribution in [2.75, 3.05) is 19.5 Å². The van der Waals surface area contributed by atoms with E-state index in [1.54, 1.807) is 14.2 Å². The molecule has 4 aromatic carbocycles. The fourth-order valence-corrected chi connectivity index (χ4v) is 6.05. The third-order valence-electron chi connectivity index (χ3n) is 7.96. The highest BCUT2D eigenvalue weighted by Gasteiger charge is 2.20. The van der Waals surface area contributed by atoms with E-state index in [-0.39, 0.29) is 0 Å². The Labute approximate surface area is 250 Å². The maximum absolute atomic E-state index is 10.2. The van der Waals surface area contributed by atoms with Gasteiger partial charge in [-0.3, -0.25) is 0 Å². The molecule has 0 spiro atoms. The maximum atomic E-state index is 10.2. The van der Waals surface area contributed by atoms with Crippen molar-refractivity contribution in [1.29, 1.82) is 10.5 Å². The third kappa shape index (κ3) is 4.62. The van der Waals surface area contributed by atoms with Crippen LogP contribution in [0.4, 0.5) is 11.4 Å². The van der Waals surface area contributed by atoms with Crippen molar-refractivity contribution >= 4 is 33.2 Å². The van der Waals surface area contributed by atoms with Gasteiger partial charge in [-0.2, -0.15) is 10.5 Å². The maximum Gasteiger partial charge on any atom is 0.120 e. The average molecular weight is 566 g/mol. The molecule has 0 unspecified atom stereocenters. The van der Waals surface area contributed by atoms with Gasteiger partial charge in [0, 0.05) is 58.5 Å². The lowest BCUT2D eigenvalue weighted by atomic mass is 10.0. The first-order valence-electron chi connectivity index (χ1n) is 14.2. The van der Waals surface area contributed by atoms with Crippen LogP contribution >= 0.6 is 0 Å². The lowest BCUT2D eigenvalue weighted by Crippen LogP contribution is -1.99. The summed E-state index contributed by atoms with van der Waals surface area (Å²) < 4.78 is 15.3. The molecule has 2 heterocycles. The van der Waals surface area contributed by atoms with Crippen LogP contribution in [0, 0.1) is 22.7 Å². The second-order valence-corrected chi connectivity index (χ2v) is 10.2. The Morgan fingerprint density at radius 2 is 1.07 bits per heavy atom. The molecular formula is C36H31N5O2. The van der Waals surface area contributed by atoms with Crippen LogP contribution in [0.5, 0.6) is 11.5 Å². The van der Waals surface area contributed by atoms with Crippen molar-refractivity contribution in [1.82, 2.24) is 9.13 Å². The molecule has 0 fully saturated rings. The number of nitriles is 2. The van der Waals surface area contributed by atoms with Gasteiger partial charge >= 0.3 is 0 Å². The van der Waals surface area contributed by atoms with Gasteiger partial charge in [0.2, 0.25) is 0 Å². The molecular weight excluding hydrogens is 534 g/mol. The van der Waals surface area contributed by atoms with E-state index in [4.69, 9.17) is 9.47 Å². The minimum Gasteiger partial charge on any atom is -0.497 e. The summed E-state index contributed by atoms with van der Waals surface area (Å²) >= 11 is 0. The Morgan fingerprint density at radius 1 is 0.628 bits per heavy atom. The van der Waals surface area contributed by atoms with Crippen LogP contribution in [0.25, 0.3) is 44.3 Å². The molecule has 0 saturated heterocycles. The van der Waals surface area contributed by atoms with Crippen molar-refractivity contribution in [3.63, 3.8) is 0 Å². The van der Waals surface area contributed by atoms with E-state index in [0.717, 1.165) is 67.2 Å². The van der Waals surface area contributed by atoms with E-state index >= 15 is 0 Å². The Morgan fingerprint density at radius 3 is 1.44 bits per heavy atom. The molecule has 43 heavy (non-hydrogen) atoms. The number of hydrogen-bond acceptors (Lipinski definition) is 5. The van der Waals surface area contributed by atoms with Crippen molar-refractivity contribution < 1.29 is 9.47 Å². The summed E-state index contributed by atoms with van der Waals surface area (Å²) in [6, 6.07) is 32.8. The fourth-order valence-electron chi connectivity index (χ4n) is 6.05. The lowest BCUT2D eigenvalue weighted by Gasteiger charge is -2.13. The average Bonchev–Trinajstić information content (AvgIpc) is 3.55. The number of benzene rings is 4. The molecule has 7 heteroatoms. The Kier molecular flexibility index (Phi) is 7.24. The molecule has 0 radical (unpaired) electrons. The van der Waals surface area contributed by atoms with Crippen LogP contribution in [-0.2, 0) is 13.1 Å². The normalized spacial score (nSPS) is 10.9. The minimum atomic E-state index is 0.645. The first-order chi connectivity index (χ1) is 21.0. The summed E-state index contributed by atoms with van der Waals surface area (Å²) in [5.74, 6) is 1.51. The number of aryl methyl sites for hydroxylation is 2. The van der Waals surface area contributed by atoms with Crippen LogP contribution < -0.4 is 14.8 Å². The van der Waals surface area contributed by atoms with Crippen molar-refractivity contribution in [2.45, 2.75) is 26.9 Å². The summed E-state index contributed by atoms with van der Waals surface area (Å²) in [7, 11) is 3.30. The Bertz CT molecular complexity index is 1940. The highest BCUT2D eigenvalue weighted by Crippen LogP contribution is 2.38. The van der Waals surface area contributed by atoms with Crippen molar-refractivity contribution in [2.24, 2.45) is 0 Å². The predicted molar refractivity (Wildman–Crippen MR) is 172 cm³/mol. The zero-order valence-corrected chi connectivity index (χ0v) is 24.6. The number of rotatable bonds is 8. The van der Waals surface area contributed by atoms with Crippen molar-refractivity contribution in [3.05, 3.63) is 96.1 Å². The number of hydrogen-bond donors (Lipinski definition) is 1. The summed E-state index contributed by atoms with van der Waals surface area (Å²) in [6.45, 7) is 5.58. The van der Waals surface area contributed by atoms with E-state index in [0.29, 0.717) is 24.2 Å². The zero-order chi connectivity index (χ0) is 30.1. The first kappa shape index (κ1) is 27.5. The lowest BCUT2D eigenvalue weighted by molar-refractivity contribution is 0.415. The monoisotopic (exact) mass is 565 g/mol. The first-order valence-corrected chi connectivity index (χ1v) is 14.2. The van der Waals surface area contributed by atoms with Gasteiger partial charge in [0.05, 0.1) is 47.8 Å². The second-order valence-electron chi connectivity index (χ2n) is 10.2. The van der Waals surface area contributed by atoms with Gasteiger partial charge in [-0.25, -0.2) is 0 Å². The summed E-state index contributed by atoms with van der Waals surface area (Å²) in [4.78, 5) is 0. The van der Waals surface area contributed by atoms with Gasteiger partial charge < -0.3 is 23.9 Å². The van der Waals surface area contributed by atoms with Crippen LogP contribution in [0.3, 0.4) is 0 Å². The van der Waals surface area contributed by atoms with E-state index in [2.05, 4.69) is 52.6 Å². The molecule has 0 aliphatic carbocycles. The van der Waals surface area contributed by atoms with Crippen molar-refractivity contribution in [3.8, 4) is 46.2 Å². The second kappa shape index (κ2) is 11.3. The number of nitrogens with one attached hydrogen (secondary N) is 1.